The molecule has 0 aliphatic heterocycles. The largest absolute Gasteiger partial charge is 0.324 e. The van der Waals surface area contributed by atoms with Gasteiger partial charge in [-0.3, -0.25) is 4.79 Å². The van der Waals surface area contributed by atoms with E-state index < -0.39 is 0 Å². The van der Waals surface area contributed by atoms with Gasteiger partial charge in [0, 0.05) is 17.6 Å². The van der Waals surface area contributed by atoms with Gasteiger partial charge in [0.15, 0.2) is 0 Å². The highest BCUT2D eigenvalue weighted by molar-refractivity contribution is 6.03. The Labute approximate surface area is 153 Å². The van der Waals surface area contributed by atoms with Crippen LogP contribution in [-0.4, -0.2) is 15.9 Å². The van der Waals surface area contributed by atoms with Crippen molar-refractivity contribution in [3.63, 3.8) is 0 Å². The zero-order valence-corrected chi connectivity index (χ0v) is 15.2. The Bertz CT molecular complexity index is 920. The van der Waals surface area contributed by atoms with Gasteiger partial charge < -0.3 is 10.6 Å². The van der Waals surface area contributed by atoms with E-state index >= 15 is 0 Å². The molecule has 1 aromatic heterocycles. The molecule has 0 bridgehead atoms. The molecule has 2 N–H and O–H groups in total. The van der Waals surface area contributed by atoms with E-state index in [2.05, 4.69) is 40.5 Å². The van der Waals surface area contributed by atoms with E-state index in [4.69, 9.17) is 0 Å². The lowest BCUT2D eigenvalue weighted by molar-refractivity contribution is 0.102. The zero-order chi connectivity index (χ0) is 18.5. The van der Waals surface area contributed by atoms with Crippen molar-refractivity contribution in [2.24, 2.45) is 0 Å². The van der Waals surface area contributed by atoms with E-state index in [0.717, 1.165) is 23.4 Å². The predicted octanol–water partition coefficient (Wildman–Crippen LogP) is 4.65. The summed E-state index contributed by atoms with van der Waals surface area (Å²) in [7, 11) is 0. The second-order valence-electron chi connectivity index (χ2n) is 6.14. The molecule has 0 fully saturated rings. The number of anilines is 3. The molecule has 1 amide bonds. The lowest BCUT2D eigenvalue weighted by atomic mass is 10.1. The number of carbonyl (C=O) groups is 1. The fourth-order valence-corrected chi connectivity index (χ4v) is 2.57. The highest BCUT2D eigenvalue weighted by Crippen LogP contribution is 2.21. The number of hydrogen-bond donors (Lipinski definition) is 2. The maximum atomic E-state index is 12.5. The predicted molar refractivity (Wildman–Crippen MR) is 105 cm³/mol. The van der Waals surface area contributed by atoms with Gasteiger partial charge >= 0.3 is 0 Å². The first-order valence-corrected chi connectivity index (χ1v) is 8.63. The number of aryl methyl sites for hydroxylation is 2. The molecule has 0 saturated carbocycles. The van der Waals surface area contributed by atoms with Crippen molar-refractivity contribution >= 4 is 23.2 Å². The molecule has 2 aromatic carbocycles. The van der Waals surface area contributed by atoms with Gasteiger partial charge in [-0.05, 0) is 61.2 Å². The van der Waals surface area contributed by atoms with Crippen LogP contribution >= 0.6 is 0 Å². The first-order chi connectivity index (χ1) is 12.6. The third-order valence-electron chi connectivity index (χ3n) is 4.36. The van der Waals surface area contributed by atoms with Crippen LogP contribution in [0.2, 0.25) is 0 Å². The summed E-state index contributed by atoms with van der Waals surface area (Å²) in [5, 5.41) is 6.05. The first-order valence-electron chi connectivity index (χ1n) is 8.63. The van der Waals surface area contributed by atoms with E-state index in [1.54, 1.807) is 12.3 Å². The summed E-state index contributed by atoms with van der Waals surface area (Å²) in [6, 6.07) is 15.4. The quantitative estimate of drug-likeness (QED) is 0.705. The summed E-state index contributed by atoms with van der Waals surface area (Å²) < 4.78 is 0. The second kappa shape index (κ2) is 7.78. The van der Waals surface area contributed by atoms with E-state index in [0.29, 0.717) is 11.6 Å². The number of benzene rings is 2. The Kier molecular flexibility index (Phi) is 5.27. The molecule has 0 saturated heterocycles. The summed E-state index contributed by atoms with van der Waals surface area (Å²) in [6.07, 6.45) is 2.54. The summed E-state index contributed by atoms with van der Waals surface area (Å²) in [5.41, 5.74) is 5.52. The van der Waals surface area contributed by atoms with Crippen LogP contribution in [0, 0.1) is 13.8 Å². The summed E-state index contributed by atoms with van der Waals surface area (Å²) in [4.78, 5) is 21.0. The normalized spacial score (nSPS) is 10.4. The van der Waals surface area contributed by atoms with Gasteiger partial charge in [-0.25, -0.2) is 9.97 Å². The Balaban J connectivity index is 1.75. The minimum Gasteiger partial charge on any atom is -0.324 e. The summed E-state index contributed by atoms with van der Waals surface area (Å²) >= 11 is 0. The Hall–Kier alpha value is -3.21. The number of nitrogens with zero attached hydrogens (tertiary/aromatic N) is 2. The minimum absolute atomic E-state index is 0.263. The van der Waals surface area contributed by atoms with Gasteiger partial charge in [0.25, 0.3) is 5.91 Å². The van der Waals surface area contributed by atoms with Crippen LogP contribution in [0.25, 0.3) is 0 Å². The van der Waals surface area contributed by atoms with Crippen molar-refractivity contribution in [1.82, 2.24) is 9.97 Å². The van der Waals surface area contributed by atoms with Crippen LogP contribution in [0.3, 0.4) is 0 Å². The third kappa shape index (κ3) is 4.06. The first kappa shape index (κ1) is 17.6. The molecule has 0 unspecified atom stereocenters. The second-order valence-corrected chi connectivity index (χ2v) is 6.14. The molecule has 132 valence electrons. The average Bonchev–Trinajstić information content (AvgIpc) is 2.66. The van der Waals surface area contributed by atoms with Gasteiger partial charge in [0.05, 0.1) is 0 Å². The van der Waals surface area contributed by atoms with E-state index in [1.807, 2.05) is 43.3 Å². The van der Waals surface area contributed by atoms with E-state index in [-0.39, 0.29) is 5.91 Å². The molecule has 5 heteroatoms. The van der Waals surface area contributed by atoms with Crippen molar-refractivity contribution in [3.05, 3.63) is 77.1 Å². The molecule has 3 rings (SSSR count). The van der Waals surface area contributed by atoms with Crippen molar-refractivity contribution in [3.8, 4) is 0 Å². The lowest BCUT2D eigenvalue weighted by Crippen LogP contribution is -2.14. The van der Waals surface area contributed by atoms with Gasteiger partial charge in [0.2, 0.25) is 5.95 Å². The Morgan fingerprint density at radius 2 is 1.81 bits per heavy atom. The van der Waals surface area contributed by atoms with Crippen LogP contribution in [0.15, 0.2) is 54.7 Å². The molecule has 0 atom stereocenters. The SMILES string of the molecule is CCc1ccc(NC(=O)c2ccnc(Nc3cccc(C)c3C)n2)cc1. The van der Waals surface area contributed by atoms with Gasteiger partial charge in [-0.15, -0.1) is 0 Å². The van der Waals surface area contributed by atoms with Gasteiger partial charge in [-0.1, -0.05) is 31.2 Å². The van der Waals surface area contributed by atoms with Crippen LogP contribution in [0.1, 0.15) is 34.1 Å². The molecule has 5 nitrogen and oxygen atoms in total. The Morgan fingerprint density at radius 1 is 1.04 bits per heavy atom. The van der Waals surface area contributed by atoms with Gasteiger partial charge in [0.1, 0.15) is 5.69 Å². The van der Waals surface area contributed by atoms with Crippen molar-refractivity contribution in [2.75, 3.05) is 10.6 Å². The molecule has 0 radical (unpaired) electrons. The number of aromatic nitrogens is 2. The summed E-state index contributed by atoms with van der Waals surface area (Å²) in [6.45, 7) is 6.18. The molecule has 3 aromatic rings. The standard InChI is InChI=1S/C21H22N4O/c1-4-16-8-10-17(11-9-16)23-20(26)19-12-13-22-21(25-19)24-18-7-5-6-14(2)15(18)3/h5-13H,4H2,1-3H3,(H,23,26)(H,22,24,25). The molecular formula is C21H22N4O. The number of hydrogen-bond acceptors (Lipinski definition) is 4. The van der Waals surface area contributed by atoms with Crippen LogP contribution in [0.4, 0.5) is 17.3 Å². The highest BCUT2D eigenvalue weighted by Gasteiger charge is 2.10. The maximum absolute atomic E-state index is 12.5. The molecule has 1 heterocycles. The average molecular weight is 346 g/mol. The monoisotopic (exact) mass is 346 g/mol. The smallest absolute Gasteiger partial charge is 0.274 e. The van der Waals surface area contributed by atoms with Crippen LogP contribution < -0.4 is 10.6 Å². The molecular weight excluding hydrogens is 324 g/mol. The van der Waals surface area contributed by atoms with E-state index in [9.17, 15) is 4.79 Å². The molecule has 0 spiro atoms. The molecule has 0 aliphatic carbocycles. The van der Waals surface area contributed by atoms with Crippen molar-refractivity contribution < 1.29 is 4.79 Å². The highest BCUT2D eigenvalue weighted by atomic mass is 16.1. The number of carbonyl (C=O) groups excluding carboxylic acids is 1. The Morgan fingerprint density at radius 3 is 2.54 bits per heavy atom. The van der Waals surface area contributed by atoms with E-state index in [1.165, 1.54) is 11.1 Å². The lowest BCUT2D eigenvalue weighted by Gasteiger charge is -2.11. The van der Waals surface area contributed by atoms with Gasteiger partial charge in [-0.2, -0.15) is 0 Å². The number of rotatable bonds is 5. The molecule has 26 heavy (non-hydrogen) atoms. The fourth-order valence-electron chi connectivity index (χ4n) is 2.57. The molecule has 0 aliphatic rings. The number of amides is 1. The minimum atomic E-state index is -0.263. The fraction of sp³-hybridized carbons (Fsp3) is 0.190. The van der Waals surface area contributed by atoms with Crippen molar-refractivity contribution in [1.29, 1.82) is 0 Å². The third-order valence-corrected chi connectivity index (χ3v) is 4.36. The van der Waals surface area contributed by atoms with Crippen molar-refractivity contribution in [2.45, 2.75) is 27.2 Å². The maximum Gasteiger partial charge on any atom is 0.274 e. The topological polar surface area (TPSA) is 66.9 Å². The van der Waals surface area contributed by atoms with Crippen LogP contribution in [0.5, 0.6) is 0 Å². The number of nitrogens with one attached hydrogen (secondary N) is 2. The summed E-state index contributed by atoms with van der Waals surface area (Å²) in [5.74, 6) is 0.133. The van der Waals surface area contributed by atoms with Crippen LogP contribution in [-0.2, 0) is 6.42 Å². The zero-order valence-electron chi connectivity index (χ0n) is 15.2.